The number of aliphatic carboxylic acids is 1. The number of carboxylic acids is 1. The Labute approximate surface area is 101 Å². The van der Waals surface area contributed by atoms with E-state index in [1.807, 2.05) is 19.1 Å². The van der Waals surface area contributed by atoms with Gasteiger partial charge in [-0.05, 0) is 25.8 Å². The highest BCUT2D eigenvalue weighted by Crippen LogP contribution is 2.29. The minimum absolute atomic E-state index is 0.0311. The van der Waals surface area contributed by atoms with E-state index in [2.05, 4.69) is 0 Å². The zero-order chi connectivity index (χ0) is 13.1. The van der Waals surface area contributed by atoms with Crippen molar-refractivity contribution in [1.82, 2.24) is 0 Å². The fourth-order valence-corrected chi connectivity index (χ4v) is 2.06. The third-order valence-corrected chi connectivity index (χ3v) is 2.97. The van der Waals surface area contributed by atoms with E-state index in [1.165, 1.54) is 0 Å². The maximum atomic E-state index is 11.5. The van der Waals surface area contributed by atoms with Gasteiger partial charge in [-0.25, -0.2) is 0 Å². The molecule has 2 unspecified atom stereocenters. The summed E-state index contributed by atoms with van der Waals surface area (Å²) < 4.78 is 0. The highest BCUT2D eigenvalue weighted by atomic mass is 16.4. The van der Waals surface area contributed by atoms with Gasteiger partial charge in [-0.1, -0.05) is 29.8 Å². The molecule has 17 heavy (non-hydrogen) atoms. The number of rotatable bonds is 5. The number of aliphatic hydroxyl groups excluding tert-OH is 1. The Balaban J connectivity index is 3.26. The molecule has 0 aliphatic carbocycles. The molecule has 0 radical (unpaired) electrons. The largest absolute Gasteiger partial charge is 0.481 e. The van der Waals surface area contributed by atoms with E-state index < -0.39 is 17.5 Å². The Bertz CT molecular complexity index is 403. The molecule has 0 fully saturated rings. The molecular formula is C13H19NO3. The molecule has 0 bridgehead atoms. The van der Waals surface area contributed by atoms with Crippen molar-refractivity contribution in [3.8, 4) is 0 Å². The fourth-order valence-electron chi connectivity index (χ4n) is 2.06. The highest BCUT2D eigenvalue weighted by Gasteiger charge is 2.40. The molecular weight excluding hydrogens is 218 g/mol. The van der Waals surface area contributed by atoms with Crippen molar-refractivity contribution in [3.63, 3.8) is 0 Å². The molecule has 1 aromatic carbocycles. The van der Waals surface area contributed by atoms with Gasteiger partial charge in [0.2, 0.25) is 0 Å². The maximum Gasteiger partial charge on any atom is 0.315 e. The Morgan fingerprint density at radius 1 is 1.53 bits per heavy atom. The van der Waals surface area contributed by atoms with Gasteiger partial charge in [0.25, 0.3) is 0 Å². The SMILES string of the molecule is Cc1cccc(C(CN)(CC(C)O)C(=O)O)c1. The van der Waals surface area contributed by atoms with Crippen LogP contribution >= 0.6 is 0 Å². The molecule has 0 aromatic heterocycles. The molecule has 0 heterocycles. The number of hydrogen-bond donors (Lipinski definition) is 3. The molecule has 94 valence electrons. The second-order valence-corrected chi connectivity index (χ2v) is 4.51. The number of hydrogen-bond acceptors (Lipinski definition) is 3. The number of carbonyl (C=O) groups is 1. The maximum absolute atomic E-state index is 11.5. The molecule has 0 amide bonds. The Kier molecular flexibility index (Phi) is 4.26. The van der Waals surface area contributed by atoms with Crippen LogP contribution in [0.3, 0.4) is 0 Å². The predicted molar refractivity (Wildman–Crippen MR) is 65.8 cm³/mol. The van der Waals surface area contributed by atoms with Gasteiger partial charge in [-0.2, -0.15) is 0 Å². The smallest absolute Gasteiger partial charge is 0.315 e. The summed E-state index contributed by atoms with van der Waals surface area (Å²) >= 11 is 0. The van der Waals surface area contributed by atoms with Crippen molar-refractivity contribution in [2.75, 3.05) is 6.54 Å². The molecule has 0 spiro atoms. The molecule has 1 rings (SSSR count). The van der Waals surface area contributed by atoms with E-state index in [1.54, 1.807) is 19.1 Å². The van der Waals surface area contributed by atoms with Gasteiger partial charge >= 0.3 is 5.97 Å². The van der Waals surface area contributed by atoms with Crippen LogP contribution in [0.5, 0.6) is 0 Å². The van der Waals surface area contributed by atoms with Gasteiger partial charge in [-0.15, -0.1) is 0 Å². The number of aryl methyl sites for hydroxylation is 1. The van der Waals surface area contributed by atoms with Crippen LogP contribution in [0.4, 0.5) is 0 Å². The second kappa shape index (κ2) is 5.29. The Hall–Kier alpha value is -1.39. The van der Waals surface area contributed by atoms with Crippen molar-refractivity contribution in [1.29, 1.82) is 0 Å². The predicted octanol–water partition coefficient (Wildman–Crippen LogP) is 1.05. The van der Waals surface area contributed by atoms with E-state index in [4.69, 9.17) is 5.73 Å². The van der Waals surface area contributed by atoms with E-state index in [0.29, 0.717) is 5.56 Å². The fraction of sp³-hybridized carbons (Fsp3) is 0.462. The molecule has 4 heteroatoms. The van der Waals surface area contributed by atoms with Gasteiger partial charge in [0, 0.05) is 6.54 Å². The number of benzene rings is 1. The van der Waals surface area contributed by atoms with Gasteiger partial charge in [0.05, 0.1) is 6.10 Å². The molecule has 0 aliphatic heterocycles. The number of nitrogens with two attached hydrogens (primary N) is 1. The minimum atomic E-state index is -1.21. The standard InChI is InChI=1S/C13H19NO3/c1-9-4-3-5-11(6-9)13(8-14,12(16)17)7-10(2)15/h3-6,10,15H,7-8,14H2,1-2H3,(H,16,17). The lowest BCUT2D eigenvalue weighted by Gasteiger charge is -2.30. The quantitative estimate of drug-likeness (QED) is 0.714. The molecule has 1 aromatic rings. The monoisotopic (exact) mass is 237 g/mol. The second-order valence-electron chi connectivity index (χ2n) is 4.51. The van der Waals surface area contributed by atoms with Crippen molar-refractivity contribution >= 4 is 5.97 Å². The summed E-state index contributed by atoms with van der Waals surface area (Å²) in [6.45, 7) is 3.44. The molecule has 4 N–H and O–H groups in total. The van der Waals surface area contributed by atoms with Crippen LogP contribution in [-0.2, 0) is 10.2 Å². The first-order chi connectivity index (χ1) is 7.92. The van der Waals surface area contributed by atoms with E-state index in [-0.39, 0.29) is 13.0 Å². The van der Waals surface area contributed by atoms with E-state index in [9.17, 15) is 15.0 Å². The summed E-state index contributed by atoms with van der Waals surface area (Å²) in [6, 6.07) is 7.26. The summed E-state index contributed by atoms with van der Waals surface area (Å²) in [5.41, 5.74) is 6.06. The third-order valence-electron chi connectivity index (χ3n) is 2.97. The van der Waals surface area contributed by atoms with Crippen molar-refractivity contribution in [2.24, 2.45) is 5.73 Å². The molecule has 0 aliphatic rings. The van der Waals surface area contributed by atoms with Crippen LogP contribution < -0.4 is 5.73 Å². The van der Waals surface area contributed by atoms with Gasteiger partial charge in [-0.3, -0.25) is 4.79 Å². The Morgan fingerprint density at radius 2 is 2.18 bits per heavy atom. The lowest BCUT2D eigenvalue weighted by atomic mass is 9.76. The van der Waals surface area contributed by atoms with Crippen LogP contribution in [0.1, 0.15) is 24.5 Å². The first-order valence-corrected chi connectivity index (χ1v) is 5.61. The van der Waals surface area contributed by atoms with E-state index >= 15 is 0 Å². The normalized spacial score (nSPS) is 16.2. The minimum Gasteiger partial charge on any atom is -0.481 e. The van der Waals surface area contributed by atoms with Crippen molar-refractivity contribution in [3.05, 3.63) is 35.4 Å². The summed E-state index contributed by atoms with van der Waals surface area (Å²) in [6.07, 6.45) is -0.599. The Morgan fingerprint density at radius 3 is 2.59 bits per heavy atom. The topological polar surface area (TPSA) is 83.5 Å². The highest BCUT2D eigenvalue weighted by molar-refractivity contribution is 5.82. The first-order valence-electron chi connectivity index (χ1n) is 5.61. The molecule has 0 saturated carbocycles. The summed E-state index contributed by atoms with van der Waals surface area (Å²) in [7, 11) is 0. The van der Waals surface area contributed by atoms with Gasteiger partial charge < -0.3 is 15.9 Å². The van der Waals surface area contributed by atoms with Crippen LogP contribution in [0.25, 0.3) is 0 Å². The average Bonchev–Trinajstić information content (AvgIpc) is 2.25. The van der Waals surface area contributed by atoms with Crippen LogP contribution in [0.15, 0.2) is 24.3 Å². The lowest BCUT2D eigenvalue weighted by molar-refractivity contribution is -0.144. The lowest BCUT2D eigenvalue weighted by Crippen LogP contribution is -2.45. The van der Waals surface area contributed by atoms with Crippen LogP contribution in [-0.4, -0.2) is 28.8 Å². The van der Waals surface area contributed by atoms with Crippen molar-refractivity contribution < 1.29 is 15.0 Å². The molecule has 4 nitrogen and oxygen atoms in total. The van der Waals surface area contributed by atoms with Gasteiger partial charge in [0.1, 0.15) is 5.41 Å². The summed E-state index contributed by atoms with van der Waals surface area (Å²) in [5, 5.41) is 18.9. The zero-order valence-corrected chi connectivity index (χ0v) is 10.2. The number of aliphatic hydroxyl groups is 1. The summed E-state index contributed by atoms with van der Waals surface area (Å²) in [5.74, 6) is -0.994. The number of carboxylic acid groups (broad SMARTS) is 1. The molecule has 2 atom stereocenters. The summed E-state index contributed by atoms with van der Waals surface area (Å²) in [4.78, 5) is 11.5. The first kappa shape index (κ1) is 13.7. The van der Waals surface area contributed by atoms with Gasteiger partial charge in [0.15, 0.2) is 0 Å². The average molecular weight is 237 g/mol. The van der Waals surface area contributed by atoms with Crippen LogP contribution in [0.2, 0.25) is 0 Å². The molecule has 0 saturated heterocycles. The van der Waals surface area contributed by atoms with Crippen molar-refractivity contribution in [2.45, 2.75) is 31.8 Å². The zero-order valence-electron chi connectivity index (χ0n) is 10.2. The third kappa shape index (κ3) is 2.84. The van der Waals surface area contributed by atoms with Crippen LogP contribution in [0, 0.1) is 6.92 Å². The van der Waals surface area contributed by atoms with E-state index in [0.717, 1.165) is 5.56 Å².